The molecule has 0 aromatic rings. The van der Waals surface area contributed by atoms with Gasteiger partial charge in [0.25, 0.3) is 0 Å². The average Bonchev–Trinajstić information content (AvgIpc) is 3.29. The SMILES string of the molecule is C(OCC1CO1)C1CO1.N=C(N)NCCCC(N)C(=O)O. The Balaban J connectivity index is 0.000000216. The Bertz CT molecular complexity index is 322. The second-order valence-corrected chi connectivity index (χ2v) is 4.88. The predicted octanol–water partition coefficient (Wildman–Crippen LogP) is -1.54. The molecule has 0 aromatic carbocycles. The number of nitrogens with two attached hydrogens (primary N) is 2. The standard InChI is InChI=1S/C6H14N4O2.C6H10O3/c7-4(5(11)12)2-1-3-10-6(8)9;1(5-3-8-5)7-2-6-4-9-6/h4H,1-3,7H2,(H,11,12)(H4,8,9,10);5-6H,1-4H2. The first-order valence-electron chi connectivity index (χ1n) is 6.86. The first-order valence-corrected chi connectivity index (χ1v) is 6.86. The summed E-state index contributed by atoms with van der Waals surface area (Å²) in [5.41, 5.74) is 10.2. The van der Waals surface area contributed by atoms with E-state index in [1.807, 2.05) is 0 Å². The molecule has 2 rings (SSSR count). The van der Waals surface area contributed by atoms with Gasteiger partial charge in [0.15, 0.2) is 5.96 Å². The van der Waals surface area contributed by atoms with Gasteiger partial charge in [-0.25, -0.2) is 0 Å². The lowest BCUT2D eigenvalue weighted by atomic mass is 10.2. The zero-order valence-electron chi connectivity index (χ0n) is 11.9. The smallest absolute Gasteiger partial charge is 0.320 e. The van der Waals surface area contributed by atoms with Crippen molar-refractivity contribution in [1.29, 1.82) is 5.41 Å². The van der Waals surface area contributed by atoms with Crippen molar-refractivity contribution in [2.45, 2.75) is 31.1 Å². The van der Waals surface area contributed by atoms with E-state index in [1.165, 1.54) is 0 Å². The number of hydrogen-bond acceptors (Lipinski definition) is 6. The predicted molar refractivity (Wildman–Crippen MR) is 75.1 cm³/mol. The molecule has 2 saturated heterocycles. The molecule has 0 saturated carbocycles. The van der Waals surface area contributed by atoms with E-state index in [2.05, 4.69) is 5.32 Å². The van der Waals surface area contributed by atoms with Crippen LogP contribution >= 0.6 is 0 Å². The maximum Gasteiger partial charge on any atom is 0.320 e. The molecule has 2 aliphatic rings. The number of ether oxygens (including phenoxy) is 3. The number of aliphatic carboxylic acids is 1. The number of epoxide rings is 2. The summed E-state index contributed by atoms with van der Waals surface area (Å²) < 4.78 is 15.1. The molecule has 3 unspecified atom stereocenters. The maximum absolute atomic E-state index is 10.2. The summed E-state index contributed by atoms with van der Waals surface area (Å²) in [5, 5.41) is 17.7. The fraction of sp³-hybridized carbons (Fsp3) is 0.833. The van der Waals surface area contributed by atoms with Gasteiger partial charge in [-0.15, -0.1) is 0 Å². The zero-order chi connectivity index (χ0) is 15.7. The Morgan fingerprint density at radius 2 is 1.90 bits per heavy atom. The highest BCUT2D eigenvalue weighted by Gasteiger charge is 2.26. The summed E-state index contributed by atoms with van der Waals surface area (Å²) in [6, 6.07) is -0.821. The van der Waals surface area contributed by atoms with Gasteiger partial charge >= 0.3 is 5.97 Å². The highest BCUT2D eigenvalue weighted by Crippen LogP contribution is 2.12. The minimum atomic E-state index is -1.00. The van der Waals surface area contributed by atoms with Crippen molar-refractivity contribution in [3.8, 4) is 0 Å². The molecule has 0 spiro atoms. The average molecular weight is 304 g/mol. The number of carboxylic acids is 1. The van der Waals surface area contributed by atoms with Gasteiger partial charge < -0.3 is 36.1 Å². The van der Waals surface area contributed by atoms with E-state index in [9.17, 15) is 4.79 Å². The van der Waals surface area contributed by atoms with Crippen molar-refractivity contribution in [2.75, 3.05) is 33.0 Å². The van der Waals surface area contributed by atoms with Gasteiger partial charge in [-0.1, -0.05) is 0 Å². The molecule has 9 nitrogen and oxygen atoms in total. The molecule has 21 heavy (non-hydrogen) atoms. The minimum absolute atomic E-state index is 0.112. The Labute approximate surface area is 123 Å². The first-order chi connectivity index (χ1) is 9.99. The fourth-order valence-corrected chi connectivity index (χ4v) is 1.33. The molecular formula is C12H24N4O5. The summed E-state index contributed by atoms with van der Waals surface area (Å²) in [4.78, 5) is 10.2. The van der Waals surface area contributed by atoms with Crippen LogP contribution in [-0.2, 0) is 19.0 Å². The highest BCUT2D eigenvalue weighted by atomic mass is 16.6. The van der Waals surface area contributed by atoms with E-state index < -0.39 is 12.0 Å². The molecule has 0 radical (unpaired) electrons. The number of carboxylic acid groups (broad SMARTS) is 1. The number of guanidine groups is 1. The normalized spacial score (nSPS) is 23.5. The van der Waals surface area contributed by atoms with Crippen molar-refractivity contribution >= 4 is 11.9 Å². The molecular weight excluding hydrogens is 280 g/mol. The lowest BCUT2D eigenvalue weighted by molar-refractivity contribution is -0.138. The first kappa shape index (κ1) is 17.6. The molecule has 2 aliphatic heterocycles. The van der Waals surface area contributed by atoms with Crippen LogP contribution in [0.5, 0.6) is 0 Å². The van der Waals surface area contributed by atoms with Gasteiger partial charge in [0.2, 0.25) is 0 Å². The quantitative estimate of drug-likeness (QED) is 0.148. The van der Waals surface area contributed by atoms with Crippen LogP contribution in [0.3, 0.4) is 0 Å². The molecule has 9 heteroatoms. The van der Waals surface area contributed by atoms with Crippen LogP contribution in [0.2, 0.25) is 0 Å². The Kier molecular flexibility index (Phi) is 7.98. The van der Waals surface area contributed by atoms with E-state index in [1.54, 1.807) is 0 Å². The van der Waals surface area contributed by atoms with Crippen molar-refractivity contribution in [2.24, 2.45) is 11.5 Å². The topological polar surface area (TPSA) is 160 Å². The second-order valence-electron chi connectivity index (χ2n) is 4.88. The molecule has 122 valence electrons. The highest BCUT2D eigenvalue weighted by molar-refractivity contribution is 5.74. The van der Waals surface area contributed by atoms with Gasteiger partial charge in [-0.05, 0) is 12.8 Å². The molecule has 0 amide bonds. The van der Waals surface area contributed by atoms with Crippen molar-refractivity contribution in [1.82, 2.24) is 5.32 Å². The van der Waals surface area contributed by atoms with Gasteiger partial charge in [-0.2, -0.15) is 0 Å². The number of rotatable bonds is 9. The number of carbonyl (C=O) groups is 1. The minimum Gasteiger partial charge on any atom is -0.480 e. The molecule has 2 heterocycles. The van der Waals surface area contributed by atoms with Gasteiger partial charge in [0, 0.05) is 6.54 Å². The van der Waals surface area contributed by atoms with Crippen LogP contribution in [0.25, 0.3) is 0 Å². The lowest BCUT2D eigenvalue weighted by Crippen LogP contribution is -2.34. The molecule has 3 atom stereocenters. The van der Waals surface area contributed by atoms with Crippen molar-refractivity contribution in [3.05, 3.63) is 0 Å². The summed E-state index contributed by atoms with van der Waals surface area (Å²) in [6.07, 6.45) is 1.76. The fourth-order valence-electron chi connectivity index (χ4n) is 1.33. The summed E-state index contributed by atoms with van der Waals surface area (Å²) in [5.74, 6) is -1.11. The van der Waals surface area contributed by atoms with Crippen LogP contribution in [0.4, 0.5) is 0 Å². The van der Waals surface area contributed by atoms with Crippen LogP contribution < -0.4 is 16.8 Å². The van der Waals surface area contributed by atoms with Gasteiger partial charge in [0.1, 0.15) is 18.2 Å². The summed E-state index contributed by atoms with van der Waals surface area (Å²) in [7, 11) is 0. The van der Waals surface area contributed by atoms with Crippen LogP contribution in [0.15, 0.2) is 0 Å². The van der Waals surface area contributed by atoms with Crippen molar-refractivity contribution < 1.29 is 24.1 Å². The molecule has 2 fully saturated rings. The van der Waals surface area contributed by atoms with Crippen LogP contribution in [0.1, 0.15) is 12.8 Å². The third kappa shape index (κ3) is 11.0. The molecule has 0 bridgehead atoms. The van der Waals surface area contributed by atoms with Gasteiger partial charge in [0.05, 0.1) is 26.4 Å². The molecule has 7 N–H and O–H groups in total. The Morgan fingerprint density at radius 1 is 1.38 bits per heavy atom. The maximum atomic E-state index is 10.2. The largest absolute Gasteiger partial charge is 0.480 e. The molecule has 0 aromatic heterocycles. The monoisotopic (exact) mass is 304 g/mol. The van der Waals surface area contributed by atoms with Crippen LogP contribution in [-0.4, -0.2) is 68.3 Å². The molecule has 0 aliphatic carbocycles. The van der Waals surface area contributed by atoms with E-state index in [-0.39, 0.29) is 5.96 Å². The third-order valence-electron chi connectivity index (χ3n) is 2.74. The van der Waals surface area contributed by atoms with E-state index in [4.69, 9.17) is 36.2 Å². The Morgan fingerprint density at radius 3 is 2.29 bits per heavy atom. The number of nitrogens with one attached hydrogen (secondary N) is 2. The third-order valence-corrected chi connectivity index (χ3v) is 2.74. The number of hydrogen-bond donors (Lipinski definition) is 5. The summed E-state index contributed by atoms with van der Waals surface area (Å²) in [6.45, 7) is 3.74. The Hall–Kier alpha value is -1.42. The lowest BCUT2D eigenvalue weighted by Gasteiger charge is -2.06. The van der Waals surface area contributed by atoms with E-state index in [0.717, 1.165) is 26.4 Å². The van der Waals surface area contributed by atoms with Crippen LogP contribution in [0, 0.1) is 5.41 Å². The van der Waals surface area contributed by atoms with Crippen molar-refractivity contribution in [3.63, 3.8) is 0 Å². The zero-order valence-corrected chi connectivity index (χ0v) is 11.9. The second kappa shape index (κ2) is 9.50. The van der Waals surface area contributed by atoms with E-state index in [0.29, 0.717) is 31.6 Å². The van der Waals surface area contributed by atoms with E-state index >= 15 is 0 Å². The summed E-state index contributed by atoms with van der Waals surface area (Å²) >= 11 is 0. The van der Waals surface area contributed by atoms with Gasteiger partial charge in [-0.3, -0.25) is 10.2 Å².